The molecule has 0 saturated heterocycles. The van der Waals surface area contributed by atoms with Crippen LogP contribution in [0.25, 0.3) is 0 Å². The van der Waals surface area contributed by atoms with Crippen LogP contribution in [-0.4, -0.2) is 12.6 Å². The normalized spacial score (nSPS) is 9.91. The predicted octanol–water partition coefficient (Wildman–Crippen LogP) is 4.48. The van der Waals surface area contributed by atoms with Crippen LogP contribution in [0, 0.1) is 11.3 Å². The average Bonchev–Trinajstić information content (AvgIpc) is 2.51. The molecule has 0 aliphatic rings. The van der Waals surface area contributed by atoms with Crippen molar-refractivity contribution in [3.63, 3.8) is 0 Å². The second-order valence-corrected chi connectivity index (χ2v) is 5.07. The van der Waals surface area contributed by atoms with Crippen molar-refractivity contribution in [1.82, 2.24) is 0 Å². The number of nitrogens with zero attached hydrogens (tertiary/aromatic N) is 1. The van der Waals surface area contributed by atoms with Crippen LogP contribution in [0.1, 0.15) is 22.8 Å². The molecule has 22 heavy (non-hydrogen) atoms. The van der Waals surface area contributed by atoms with E-state index in [1.54, 1.807) is 31.2 Å². The molecule has 0 aromatic heterocycles. The first-order valence-corrected chi connectivity index (χ1v) is 7.15. The molecule has 4 nitrogen and oxygen atoms in total. The number of ether oxygens (including phenoxy) is 2. The molecule has 0 aliphatic carbocycles. The van der Waals surface area contributed by atoms with Crippen LogP contribution in [0.5, 0.6) is 11.5 Å². The van der Waals surface area contributed by atoms with Gasteiger partial charge in [-0.25, -0.2) is 4.79 Å². The highest BCUT2D eigenvalue weighted by Gasteiger charge is 2.17. The number of nitriles is 1. The summed E-state index contributed by atoms with van der Waals surface area (Å²) in [5.74, 6) is -0.263. The maximum absolute atomic E-state index is 12.1. The lowest BCUT2D eigenvalue weighted by Crippen LogP contribution is -2.10. The molecule has 0 radical (unpaired) electrons. The third-order valence-corrected chi connectivity index (χ3v) is 3.25. The van der Waals surface area contributed by atoms with Crippen molar-refractivity contribution >= 4 is 29.2 Å². The van der Waals surface area contributed by atoms with Crippen LogP contribution < -0.4 is 9.47 Å². The number of hydrogen-bond donors (Lipinski definition) is 0. The molecule has 2 aromatic rings. The van der Waals surface area contributed by atoms with Gasteiger partial charge in [-0.1, -0.05) is 23.2 Å². The quantitative estimate of drug-likeness (QED) is 0.610. The van der Waals surface area contributed by atoms with Gasteiger partial charge in [-0.15, -0.1) is 0 Å². The van der Waals surface area contributed by atoms with Gasteiger partial charge in [0.2, 0.25) is 0 Å². The Balaban J connectivity index is 2.34. The largest absolute Gasteiger partial charge is 0.490 e. The first-order valence-electron chi connectivity index (χ1n) is 6.39. The standard InChI is InChI=1S/C16H11Cl2NO3/c1-2-21-14-8-10(9-19)7-13(18)15(14)22-16(20)11-3-5-12(17)6-4-11/h3-8H,2H2,1H3. The van der Waals surface area contributed by atoms with Crippen LogP contribution in [0.2, 0.25) is 10.0 Å². The first kappa shape index (κ1) is 16.2. The van der Waals surface area contributed by atoms with Crippen molar-refractivity contribution in [2.45, 2.75) is 6.92 Å². The van der Waals surface area contributed by atoms with Crippen molar-refractivity contribution in [2.24, 2.45) is 0 Å². The summed E-state index contributed by atoms with van der Waals surface area (Å²) in [4.78, 5) is 12.1. The maximum Gasteiger partial charge on any atom is 0.343 e. The summed E-state index contributed by atoms with van der Waals surface area (Å²) in [6, 6.07) is 11.1. The number of carbonyl (C=O) groups excluding carboxylic acids is 1. The number of carbonyl (C=O) groups is 1. The van der Waals surface area contributed by atoms with Gasteiger partial charge in [-0.3, -0.25) is 0 Å². The summed E-state index contributed by atoms with van der Waals surface area (Å²) in [6.45, 7) is 2.12. The zero-order chi connectivity index (χ0) is 16.1. The lowest BCUT2D eigenvalue weighted by atomic mass is 10.2. The second kappa shape index (κ2) is 7.17. The molecule has 0 spiro atoms. The Hall–Kier alpha value is -2.22. The molecule has 2 aromatic carbocycles. The summed E-state index contributed by atoms with van der Waals surface area (Å²) < 4.78 is 10.7. The number of rotatable bonds is 4. The zero-order valence-corrected chi connectivity index (χ0v) is 13.1. The van der Waals surface area contributed by atoms with Crippen LogP contribution >= 0.6 is 23.2 Å². The number of benzene rings is 2. The molecule has 112 valence electrons. The van der Waals surface area contributed by atoms with Gasteiger partial charge in [0.1, 0.15) is 0 Å². The molecular formula is C16H11Cl2NO3. The van der Waals surface area contributed by atoms with Gasteiger partial charge in [0, 0.05) is 11.1 Å². The Labute approximate surface area is 137 Å². The molecule has 0 aliphatic heterocycles. The summed E-state index contributed by atoms with van der Waals surface area (Å²) in [6.07, 6.45) is 0. The first-order chi connectivity index (χ1) is 10.5. The summed E-state index contributed by atoms with van der Waals surface area (Å²) >= 11 is 11.9. The molecule has 0 amide bonds. The van der Waals surface area contributed by atoms with E-state index in [-0.39, 0.29) is 16.5 Å². The topological polar surface area (TPSA) is 59.3 Å². The van der Waals surface area contributed by atoms with Crippen LogP contribution in [-0.2, 0) is 0 Å². The summed E-state index contributed by atoms with van der Waals surface area (Å²) in [5, 5.41) is 9.59. The molecule has 0 atom stereocenters. The van der Waals surface area contributed by atoms with E-state index in [1.165, 1.54) is 12.1 Å². The highest BCUT2D eigenvalue weighted by Crippen LogP contribution is 2.37. The van der Waals surface area contributed by atoms with Crippen molar-refractivity contribution in [3.8, 4) is 17.6 Å². The highest BCUT2D eigenvalue weighted by atomic mass is 35.5. The molecule has 0 saturated carbocycles. The molecule has 0 fully saturated rings. The lowest BCUT2D eigenvalue weighted by molar-refractivity contribution is 0.0728. The zero-order valence-electron chi connectivity index (χ0n) is 11.6. The van der Waals surface area contributed by atoms with E-state index in [9.17, 15) is 4.79 Å². The van der Waals surface area contributed by atoms with Gasteiger partial charge in [0.25, 0.3) is 0 Å². The molecule has 0 heterocycles. The van der Waals surface area contributed by atoms with Gasteiger partial charge < -0.3 is 9.47 Å². The fourth-order valence-corrected chi connectivity index (χ4v) is 2.11. The summed E-state index contributed by atoms with van der Waals surface area (Å²) in [7, 11) is 0. The van der Waals surface area contributed by atoms with E-state index in [0.717, 1.165) is 0 Å². The molecular weight excluding hydrogens is 325 g/mol. The maximum atomic E-state index is 12.1. The average molecular weight is 336 g/mol. The Morgan fingerprint density at radius 1 is 1.23 bits per heavy atom. The van der Waals surface area contributed by atoms with E-state index < -0.39 is 5.97 Å². The van der Waals surface area contributed by atoms with Gasteiger partial charge in [0.15, 0.2) is 11.5 Å². The van der Waals surface area contributed by atoms with Gasteiger partial charge in [0.05, 0.1) is 28.8 Å². The minimum Gasteiger partial charge on any atom is -0.490 e. The van der Waals surface area contributed by atoms with Crippen molar-refractivity contribution in [2.75, 3.05) is 6.61 Å². The Bertz CT molecular complexity index is 736. The number of hydrogen-bond acceptors (Lipinski definition) is 4. The third-order valence-electron chi connectivity index (χ3n) is 2.71. The molecule has 0 unspecified atom stereocenters. The van der Waals surface area contributed by atoms with Crippen molar-refractivity contribution < 1.29 is 14.3 Å². The molecule has 0 bridgehead atoms. The van der Waals surface area contributed by atoms with Crippen LogP contribution in [0.4, 0.5) is 0 Å². The van der Waals surface area contributed by atoms with Gasteiger partial charge >= 0.3 is 5.97 Å². The van der Waals surface area contributed by atoms with Crippen molar-refractivity contribution in [1.29, 1.82) is 5.26 Å². The molecule has 6 heteroatoms. The van der Waals surface area contributed by atoms with E-state index in [1.807, 2.05) is 6.07 Å². The second-order valence-electron chi connectivity index (χ2n) is 4.23. The third kappa shape index (κ3) is 3.70. The van der Waals surface area contributed by atoms with Crippen LogP contribution in [0.3, 0.4) is 0 Å². The Morgan fingerprint density at radius 2 is 1.91 bits per heavy atom. The fraction of sp³-hybridized carbons (Fsp3) is 0.125. The van der Waals surface area contributed by atoms with E-state index in [2.05, 4.69) is 0 Å². The van der Waals surface area contributed by atoms with Crippen LogP contribution in [0.15, 0.2) is 36.4 Å². The van der Waals surface area contributed by atoms with Crippen molar-refractivity contribution in [3.05, 3.63) is 57.6 Å². The smallest absolute Gasteiger partial charge is 0.343 e. The minimum absolute atomic E-state index is 0.0856. The SMILES string of the molecule is CCOc1cc(C#N)cc(Cl)c1OC(=O)c1ccc(Cl)cc1. The van der Waals surface area contributed by atoms with E-state index >= 15 is 0 Å². The Morgan fingerprint density at radius 3 is 2.50 bits per heavy atom. The molecule has 0 N–H and O–H groups in total. The fourth-order valence-electron chi connectivity index (χ4n) is 1.73. The number of esters is 1. The predicted molar refractivity (Wildman–Crippen MR) is 83.7 cm³/mol. The van der Waals surface area contributed by atoms with Gasteiger partial charge in [-0.2, -0.15) is 5.26 Å². The molecule has 2 rings (SSSR count). The van der Waals surface area contributed by atoms with E-state index in [4.69, 9.17) is 37.9 Å². The van der Waals surface area contributed by atoms with E-state index in [0.29, 0.717) is 22.8 Å². The highest BCUT2D eigenvalue weighted by molar-refractivity contribution is 6.32. The van der Waals surface area contributed by atoms with Gasteiger partial charge in [-0.05, 0) is 37.3 Å². The number of halogens is 2. The summed E-state index contributed by atoms with van der Waals surface area (Å²) in [5.41, 5.74) is 0.645. The lowest BCUT2D eigenvalue weighted by Gasteiger charge is -2.12. The Kier molecular flexibility index (Phi) is 5.26. The monoisotopic (exact) mass is 335 g/mol. The minimum atomic E-state index is -0.593.